The van der Waals surface area contributed by atoms with Gasteiger partial charge in [-0.2, -0.15) is 5.10 Å². The van der Waals surface area contributed by atoms with Crippen LogP contribution in [-0.2, 0) is 17.8 Å². The SMILES string of the molecule is c1ccc(-c2nnc(CN3CCOC(Cn4cncn4)C3)o2)cc1. The van der Waals surface area contributed by atoms with Crippen molar-refractivity contribution in [3.63, 3.8) is 0 Å². The molecule has 0 N–H and O–H groups in total. The van der Waals surface area contributed by atoms with Crippen LogP contribution < -0.4 is 0 Å². The number of hydrogen-bond donors (Lipinski definition) is 0. The molecule has 1 aliphatic rings. The van der Waals surface area contributed by atoms with Gasteiger partial charge in [-0.1, -0.05) is 18.2 Å². The molecule has 0 spiro atoms. The molecular formula is C16H18N6O2. The Balaban J connectivity index is 1.37. The Kier molecular flexibility index (Phi) is 4.30. The molecule has 1 atom stereocenters. The van der Waals surface area contributed by atoms with Crippen LogP contribution in [0.3, 0.4) is 0 Å². The number of aromatic nitrogens is 5. The van der Waals surface area contributed by atoms with Crippen molar-refractivity contribution in [1.29, 1.82) is 0 Å². The number of rotatable bonds is 5. The Bertz CT molecular complexity index is 758. The van der Waals surface area contributed by atoms with Crippen molar-refractivity contribution in [3.8, 4) is 11.5 Å². The van der Waals surface area contributed by atoms with E-state index >= 15 is 0 Å². The minimum absolute atomic E-state index is 0.0805. The van der Waals surface area contributed by atoms with Crippen LogP contribution in [0.1, 0.15) is 5.89 Å². The number of benzene rings is 1. The van der Waals surface area contributed by atoms with E-state index in [-0.39, 0.29) is 6.10 Å². The van der Waals surface area contributed by atoms with Gasteiger partial charge in [-0.05, 0) is 12.1 Å². The molecule has 0 radical (unpaired) electrons. The molecule has 0 aliphatic carbocycles. The van der Waals surface area contributed by atoms with Gasteiger partial charge in [-0.3, -0.25) is 9.58 Å². The van der Waals surface area contributed by atoms with E-state index < -0.39 is 0 Å². The topological polar surface area (TPSA) is 82.1 Å². The highest BCUT2D eigenvalue weighted by atomic mass is 16.5. The van der Waals surface area contributed by atoms with Crippen molar-refractivity contribution in [3.05, 3.63) is 48.9 Å². The fourth-order valence-corrected chi connectivity index (χ4v) is 2.78. The lowest BCUT2D eigenvalue weighted by Crippen LogP contribution is -2.43. The molecule has 8 nitrogen and oxygen atoms in total. The summed E-state index contributed by atoms with van der Waals surface area (Å²) in [5.74, 6) is 1.17. The molecule has 124 valence electrons. The number of ether oxygens (including phenoxy) is 1. The zero-order chi connectivity index (χ0) is 16.2. The van der Waals surface area contributed by atoms with Crippen LogP contribution in [0, 0.1) is 0 Å². The van der Waals surface area contributed by atoms with Gasteiger partial charge in [0, 0.05) is 18.7 Å². The smallest absolute Gasteiger partial charge is 0.247 e. The minimum Gasteiger partial charge on any atom is -0.419 e. The van der Waals surface area contributed by atoms with E-state index in [2.05, 4.69) is 25.2 Å². The van der Waals surface area contributed by atoms with Gasteiger partial charge in [-0.15, -0.1) is 10.2 Å². The monoisotopic (exact) mass is 326 g/mol. The number of nitrogens with zero attached hydrogens (tertiary/aromatic N) is 6. The second-order valence-electron chi connectivity index (χ2n) is 5.71. The van der Waals surface area contributed by atoms with Crippen LogP contribution in [0.2, 0.25) is 0 Å². The molecular weight excluding hydrogens is 308 g/mol. The first kappa shape index (κ1) is 15.0. The van der Waals surface area contributed by atoms with E-state index in [0.717, 1.165) is 18.7 Å². The average Bonchev–Trinajstić information content (AvgIpc) is 3.28. The van der Waals surface area contributed by atoms with Crippen molar-refractivity contribution in [2.75, 3.05) is 19.7 Å². The van der Waals surface area contributed by atoms with Gasteiger partial charge in [0.2, 0.25) is 11.8 Å². The first-order valence-electron chi connectivity index (χ1n) is 7.91. The van der Waals surface area contributed by atoms with Crippen molar-refractivity contribution in [2.45, 2.75) is 19.2 Å². The van der Waals surface area contributed by atoms with Crippen molar-refractivity contribution in [2.24, 2.45) is 0 Å². The van der Waals surface area contributed by atoms with Crippen LogP contribution in [0.4, 0.5) is 0 Å². The molecule has 1 aromatic carbocycles. The van der Waals surface area contributed by atoms with Crippen LogP contribution in [0.25, 0.3) is 11.5 Å². The lowest BCUT2D eigenvalue weighted by Gasteiger charge is -2.31. The summed E-state index contributed by atoms with van der Waals surface area (Å²) < 4.78 is 13.4. The largest absolute Gasteiger partial charge is 0.419 e. The van der Waals surface area contributed by atoms with Gasteiger partial charge < -0.3 is 9.15 Å². The second-order valence-corrected chi connectivity index (χ2v) is 5.71. The van der Waals surface area contributed by atoms with Crippen molar-refractivity contribution in [1.82, 2.24) is 29.9 Å². The summed E-state index contributed by atoms with van der Waals surface area (Å²) in [7, 11) is 0. The average molecular weight is 326 g/mol. The summed E-state index contributed by atoms with van der Waals surface area (Å²) in [5, 5.41) is 12.4. The molecule has 3 aromatic rings. The van der Waals surface area contributed by atoms with Crippen LogP contribution >= 0.6 is 0 Å². The molecule has 24 heavy (non-hydrogen) atoms. The van der Waals surface area contributed by atoms with E-state index in [9.17, 15) is 0 Å². The summed E-state index contributed by atoms with van der Waals surface area (Å²) in [6, 6.07) is 9.79. The maximum absolute atomic E-state index is 5.80. The zero-order valence-electron chi connectivity index (χ0n) is 13.2. The van der Waals surface area contributed by atoms with Crippen molar-refractivity contribution < 1.29 is 9.15 Å². The summed E-state index contributed by atoms with van der Waals surface area (Å²) in [5.41, 5.74) is 0.933. The van der Waals surface area contributed by atoms with Gasteiger partial charge in [-0.25, -0.2) is 4.98 Å². The van der Waals surface area contributed by atoms with E-state index in [1.165, 1.54) is 6.33 Å². The van der Waals surface area contributed by atoms with Crippen molar-refractivity contribution >= 4 is 0 Å². The molecule has 0 saturated carbocycles. The van der Waals surface area contributed by atoms with Gasteiger partial charge in [0.15, 0.2) is 0 Å². The normalized spacial score (nSPS) is 18.8. The molecule has 1 fully saturated rings. The van der Waals surface area contributed by atoms with E-state index in [1.807, 2.05) is 30.3 Å². The van der Waals surface area contributed by atoms with Crippen LogP contribution in [-0.4, -0.2) is 55.7 Å². The minimum atomic E-state index is 0.0805. The third-order valence-corrected chi connectivity index (χ3v) is 3.93. The van der Waals surface area contributed by atoms with E-state index in [0.29, 0.717) is 31.5 Å². The summed E-state index contributed by atoms with van der Waals surface area (Å²) in [6.45, 7) is 3.63. The number of hydrogen-bond acceptors (Lipinski definition) is 7. The van der Waals surface area contributed by atoms with Crippen LogP contribution in [0.15, 0.2) is 47.4 Å². The van der Waals surface area contributed by atoms with Gasteiger partial charge >= 0.3 is 0 Å². The second kappa shape index (κ2) is 6.90. The Labute approximate surface area is 139 Å². The maximum atomic E-state index is 5.80. The first-order valence-corrected chi connectivity index (χ1v) is 7.91. The highest BCUT2D eigenvalue weighted by molar-refractivity contribution is 5.51. The molecule has 1 saturated heterocycles. The zero-order valence-corrected chi connectivity index (χ0v) is 13.2. The molecule has 1 aliphatic heterocycles. The Morgan fingerprint density at radius 2 is 2.08 bits per heavy atom. The lowest BCUT2D eigenvalue weighted by atomic mass is 10.2. The van der Waals surface area contributed by atoms with Gasteiger partial charge in [0.25, 0.3) is 0 Å². The Hall–Kier alpha value is -2.58. The highest BCUT2D eigenvalue weighted by Crippen LogP contribution is 2.18. The van der Waals surface area contributed by atoms with Crippen LogP contribution in [0.5, 0.6) is 0 Å². The fourth-order valence-electron chi connectivity index (χ4n) is 2.78. The maximum Gasteiger partial charge on any atom is 0.247 e. The third kappa shape index (κ3) is 3.50. The van der Waals surface area contributed by atoms with E-state index in [1.54, 1.807) is 11.0 Å². The summed E-state index contributed by atoms with van der Waals surface area (Å²) in [6.07, 6.45) is 3.31. The predicted molar refractivity (Wildman–Crippen MR) is 84.8 cm³/mol. The predicted octanol–water partition coefficient (Wildman–Crippen LogP) is 1.23. The summed E-state index contributed by atoms with van der Waals surface area (Å²) in [4.78, 5) is 6.21. The van der Waals surface area contributed by atoms with Gasteiger partial charge in [0.05, 0.1) is 25.8 Å². The molecule has 2 aromatic heterocycles. The molecule has 3 heterocycles. The Morgan fingerprint density at radius 3 is 2.92 bits per heavy atom. The quantitative estimate of drug-likeness (QED) is 0.697. The first-order chi connectivity index (χ1) is 11.9. The lowest BCUT2D eigenvalue weighted by molar-refractivity contribution is -0.0422. The fraction of sp³-hybridized carbons (Fsp3) is 0.375. The van der Waals surface area contributed by atoms with Gasteiger partial charge in [0.1, 0.15) is 12.7 Å². The molecule has 4 rings (SSSR count). The highest BCUT2D eigenvalue weighted by Gasteiger charge is 2.23. The van der Waals surface area contributed by atoms with E-state index in [4.69, 9.17) is 9.15 Å². The number of morpholine rings is 1. The molecule has 1 unspecified atom stereocenters. The molecule has 0 amide bonds. The third-order valence-electron chi connectivity index (χ3n) is 3.93. The summed E-state index contributed by atoms with van der Waals surface area (Å²) >= 11 is 0. The Morgan fingerprint density at radius 1 is 1.17 bits per heavy atom. The molecule has 8 heteroatoms. The standard InChI is InChI=1S/C16H18N6O2/c1-2-4-13(5-3-1)16-20-19-15(24-16)10-21-6-7-23-14(8-21)9-22-12-17-11-18-22/h1-5,11-12,14H,6-10H2. The molecule has 0 bridgehead atoms.